The van der Waals surface area contributed by atoms with E-state index in [0.717, 1.165) is 17.0 Å². The summed E-state index contributed by atoms with van der Waals surface area (Å²) in [6, 6.07) is 6.67. The van der Waals surface area contributed by atoms with Gasteiger partial charge in [0.15, 0.2) is 0 Å². The molecule has 1 heterocycles. The fourth-order valence-electron chi connectivity index (χ4n) is 2.90. The molecule has 2 atom stereocenters. The van der Waals surface area contributed by atoms with Crippen molar-refractivity contribution in [3.63, 3.8) is 0 Å². The number of hydrogen-bond donors (Lipinski definition) is 2. The van der Waals surface area contributed by atoms with E-state index in [4.69, 9.17) is 5.73 Å². The van der Waals surface area contributed by atoms with Crippen LogP contribution in [0.5, 0.6) is 0 Å². The first-order valence-electron chi connectivity index (χ1n) is 6.64. The number of anilines is 2. The van der Waals surface area contributed by atoms with Crippen molar-refractivity contribution in [3.05, 3.63) is 30.6 Å². The van der Waals surface area contributed by atoms with Crippen LogP contribution < -0.4 is 11.1 Å². The summed E-state index contributed by atoms with van der Waals surface area (Å²) in [4.78, 5) is 4.15. The lowest BCUT2D eigenvalue weighted by Crippen LogP contribution is -2.21. The molecule has 3 nitrogen and oxygen atoms in total. The molecule has 18 heavy (non-hydrogen) atoms. The lowest BCUT2D eigenvalue weighted by Gasteiger charge is -2.20. The first-order valence-corrected chi connectivity index (χ1v) is 6.64. The van der Waals surface area contributed by atoms with Crippen LogP contribution in [0.1, 0.15) is 26.2 Å². The zero-order valence-electron chi connectivity index (χ0n) is 10.7. The molecular weight excluding hydrogens is 222 g/mol. The third kappa shape index (κ3) is 1.90. The van der Waals surface area contributed by atoms with Gasteiger partial charge < -0.3 is 11.1 Å². The van der Waals surface area contributed by atoms with Gasteiger partial charge in [-0.3, -0.25) is 4.98 Å². The normalized spacial score (nSPS) is 23.4. The van der Waals surface area contributed by atoms with Gasteiger partial charge in [0.1, 0.15) is 0 Å². The summed E-state index contributed by atoms with van der Waals surface area (Å²) in [6.45, 7) is 2.33. The van der Waals surface area contributed by atoms with Crippen molar-refractivity contribution in [1.82, 2.24) is 4.98 Å². The highest BCUT2D eigenvalue weighted by Crippen LogP contribution is 2.32. The fraction of sp³-hybridized carbons (Fsp3) is 0.400. The van der Waals surface area contributed by atoms with Gasteiger partial charge in [-0.2, -0.15) is 0 Å². The molecule has 0 saturated heterocycles. The molecule has 1 aliphatic carbocycles. The van der Waals surface area contributed by atoms with E-state index in [1.165, 1.54) is 30.3 Å². The summed E-state index contributed by atoms with van der Waals surface area (Å²) in [5, 5.41) is 5.88. The Hall–Kier alpha value is -1.77. The molecule has 0 amide bonds. The molecule has 1 fully saturated rings. The molecule has 0 spiro atoms. The van der Waals surface area contributed by atoms with Crippen LogP contribution in [-0.2, 0) is 0 Å². The van der Waals surface area contributed by atoms with Gasteiger partial charge in [-0.25, -0.2) is 0 Å². The smallest absolute Gasteiger partial charge is 0.0424 e. The molecule has 1 aromatic carbocycles. The number of pyridine rings is 1. The van der Waals surface area contributed by atoms with Crippen LogP contribution in [0.15, 0.2) is 30.6 Å². The lowest BCUT2D eigenvalue weighted by atomic mass is 10.0. The highest BCUT2D eigenvalue weighted by Gasteiger charge is 2.23. The molecule has 1 saturated carbocycles. The second kappa shape index (κ2) is 4.48. The highest BCUT2D eigenvalue weighted by atomic mass is 14.9. The molecular formula is C15H19N3. The van der Waals surface area contributed by atoms with E-state index in [1.807, 2.05) is 24.5 Å². The number of rotatable bonds is 2. The Balaban J connectivity index is 1.99. The summed E-state index contributed by atoms with van der Waals surface area (Å²) >= 11 is 0. The van der Waals surface area contributed by atoms with Gasteiger partial charge in [-0.1, -0.05) is 13.3 Å². The van der Waals surface area contributed by atoms with Crippen LogP contribution in [-0.4, -0.2) is 11.0 Å². The van der Waals surface area contributed by atoms with E-state index in [2.05, 4.69) is 23.3 Å². The first-order chi connectivity index (χ1) is 8.75. The monoisotopic (exact) mass is 241 g/mol. The zero-order chi connectivity index (χ0) is 12.5. The van der Waals surface area contributed by atoms with E-state index in [1.54, 1.807) is 0 Å². The van der Waals surface area contributed by atoms with Crippen LogP contribution in [0.2, 0.25) is 0 Å². The number of benzene rings is 1. The van der Waals surface area contributed by atoms with Crippen molar-refractivity contribution < 1.29 is 0 Å². The van der Waals surface area contributed by atoms with Crippen LogP contribution in [0, 0.1) is 5.92 Å². The topological polar surface area (TPSA) is 50.9 Å². The molecule has 3 rings (SSSR count). The predicted octanol–water partition coefficient (Wildman–Crippen LogP) is 3.42. The molecule has 3 heteroatoms. The van der Waals surface area contributed by atoms with Crippen LogP contribution in [0.4, 0.5) is 11.4 Å². The van der Waals surface area contributed by atoms with Gasteiger partial charge in [-0.15, -0.1) is 0 Å². The minimum Gasteiger partial charge on any atom is -0.398 e. The second-order valence-electron chi connectivity index (χ2n) is 5.28. The number of nitrogens with one attached hydrogen (secondary N) is 1. The van der Waals surface area contributed by atoms with Crippen LogP contribution in [0.25, 0.3) is 10.8 Å². The van der Waals surface area contributed by atoms with Gasteiger partial charge in [0.2, 0.25) is 0 Å². The fourth-order valence-corrected chi connectivity index (χ4v) is 2.90. The zero-order valence-corrected chi connectivity index (χ0v) is 10.7. The van der Waals surface area contributed by atoms with E-state index in [0.29, 0.717) is 6.04 Å². The summed E-state index contributed by atoms with van der Waals surface area (Å²) in [7, 11) is 0. The maximum absolute atomic E-state index is 5.99. The predicted molar refractivity (Wildman–Crippen MR) is 76.6 cm³/mol. The standard InChI is InChI=1S/C15H19N3/c1-10-3-2-4-14(10)18-15-6-5-13(16)12-9-17-8-7-11(12)15/h5-10,14,18H,2-4,16H2,1H3. The summed E-state index contributed by atoms with van der Waals surface area (Å²) < 4.78 is 0. The number of nitrogens with zero attached hydrogens (tertiary/aromatic N) is 1. The van der Waals surface area contributed by atoms with E-state index < -0.39 is 0 Å². The van der Waals surface area contributed by atoms with Crippen molar-refractivity contribution in [1.29, 1.82) is 0 Å². The summed E-state index contributed by atoms with van der Waals surface area (Å²) in [5.74, 6) is 0.749. The van der Waals surface area contributed by atoms with Gasteiger partial charge in [0.05, 0.1) is 0 Å². The SMILES string of the molecule is CC1CCCC1Nc1ccc(N)c2cnccc12. The molecule has 0 aliphatic heterocycles. The Kier molecular flexibility index (Phi) is 2.82. The molecule has 3 N–H and O–H groups in total. The molecule has 1 aliphatic rings. The van der Waals surface area contributed by atoms with E-state index >= 15 is 0 Å². The number of nitrogen functional groups attached to an aromatic ring is 1. The van der Waals surface area contributed by atoms with Crippen molar-refractivity contribution in [2.45, 2.75) is 32.2 Å². The molecule has 0 bridgehead atoms. The average molecular weight is 241 g/mol. The largest absolute Gasteiger partial charge is 0.398 e. The first kappa shape index (κ1) is 11.3. The average Bonchev–Trinajstić information content (AvgIpc) is 2.79. The molecule has 2 aromatic rings. The third-order valence-electron chi connectivity index (χ3n) is 4.05. The van der Waals surface area contributed by atoms with Gasteiger partial charge >= 0.3 is 0 Å². The minimum absolute atomic E-state index is 0.588. The Labute approximate surface area is 107 Å². The molecule has 1 aromatic heterocycles. The quantitative estimate of drug-likeness (QED) is 0.792. The minimum atomic E-state index is 0.588. The Morgan fingerprint density at radius 3 is 2.89 bits per heavy atom. The Bertz CT molecular complexity index is 565. The number of aromatic nitrogens is 1. The van der Waals surface area contributed by atoms with Crippen molar-refractivity contribution in [3.8, 4) is 0 Å². The molecule has 94 valence electrons. The van der Waals surface area contributed by atoms with Crippen molar-refractivity contribution >= 4 is 22.1 Å². The van der Waals surface area contributed by atoms with Crippen LogP contribution in [0.3, 0.4) is 0 Å². The van der Waals surface area contributed by atoms with Crippen LogP contribution >= 0.6 is 0 Å². The highest BCUT2D eigenvalue weighted by molar-refractivity contribution is 6.00. The summed E-state index contributed by atoms with van der Waals surface area (Å²) in [5.41, 5.74) is 7.97. The van der Waals surface area contributed by atoms with Crippen molar-refractivity contribution in [2.75, 3.05) is 11.1 Å². The van der Waals surface area contributed by atoms with Gasteiger partial charge in [0, 0.05) is 40.6 Å². The maximum atomic E-state index is 5.99. The second-order valence-corrected chi connectivity index (χ2v) is 5.28. The Morgan fingerprint density at radius 2 is 2.11 bits per heavy atom. The molecule has 2 unspecified atom stereocenters. The third-order valence-corrected chi connectivity index (χ3v) is 4.05. The molecule has 0 radical (unpaired) electrons. The summed E-state index contributed by atoms with van der Waals surface area (Å²) in [6.07, 6.45) is 7.58. The van der Waals surface area contributed by atoms with E-state index in [9.17, 15) is 0 Å². The van der Waals surface area contributed by atoms with Crippen molar-refractivity contribution in [2.24, 2.45) is 5.92 Å². The van der Waals surface area contributed by atoms with E-state index in [-0.39, 0.29) is 0 Å². The number of fused-ring (bicyclic) bond motifs is 1. The van der Waals surface area contributed by atoms with Gasteiger partial charge in [0.25, 0.3) is 0 Å². The number of hydrogen-bond acceptors (Lipinski definition) is 3. The maximum Gasteiger partial charge on any atom is 0.0424 e. The lowest BCUT2D eigenvalue weighted by molar-refractivity contribution is 0.557. The Morgan fingerprint density at radius 1 is 1.22 bits per heavy atom. The number of nitrogens with two attached hydrogens (primary N) is 1. The van der Waals surface area contributed by atoms with Gasteiger partial charge in [-0.05, 0) is 37.0 Å².